The van der Waals surface area contributed by atoms with E-state index in [4.69, 9.17) is 0 Å². The lowest BCUT2D eigenvalue weighted by Gasteiger charge is -2.33. The maximum absolute atomic E-state index is 2.49. The average Bonchev–Trinajstić information content (AvgIpc) is 3.26. The van der Waals surface area contributed by atoms with Crippen LogP contribution < -0.4 is 9.80 Å². The molecule has 10 rings (SSSR count). The van der Waals surface area contributed by atoms with Crippen LogP contribution in [-0.2, 0) is 0 Å². The van der Waals surface area contributed by atoms with Crippen LogP contribution in [-0.4, -0.2) is 6.04 Å². The molecule has 1 atom stereocenters. The summed E-state index contributed by atoms with van der Waals surface area (Å²) in [7, 11) is 0. The highest BCUT2D eigenvalue weighted by molar-refractivity contribution is 5.93. The molecule has 0 saturated heterocycles. The predicted octanol–water partition coefficient (Wildman–Crippen LogP) is 14.9. The minimum Gasteiger partial charge on any atom is -0.334 e. The molecular weight excluding hydrogens is 677 g/mol. The highest BCUT2D eigenvalue weighted by Gasteiger charge is 2.21. The molecule has 0 spiro atoms. The van der Waals surface area contributed by atoms with Crippen LogP contribution in [0.3, 0.4) is 0 Å². The van der Waals surface area contributed by atoms with Crippen molar-refractivity contribution in [2.75, 3.05) is 9.80 Å². The van der Waals surface area contributed by atoms with Gasteiger partial charge in [0.15, 0.2) is 0 Å². The number of anilines is 5. The molecule has 0 heterocycles. The van der Waals surface area contributed by atoms with E-state index >= 15 is 0 Å². The molecule has 9 aromatic rings. The fourth-order valence-corrected chi connectivity index (χ4v) is 8.13. The van der Waals surface area contributed by atoms with Crippen LogP contribution in [0.5, 0.6) is 0 Å². The van der Waals surface area contributed by atoms with Gasteiger partial charge >= 0.3 is 0 Å². The highest BCUT2D eigenvalue weighted by atomic mass is 15.2. The third kappa shape index (κ3) is 6.63. The lowest BCUT2D eigenvalue weighted by molar-refractivity contribution is 0.782. The Labute approximate surface area is 328 Å². The monoisotopic (exact) mass is 716 g/mol. The molecule has 1 aliphatic rings. The van der Waals surface area contributed by atoms with E-state index in [9.17, 15) is 0 Å². The number of allylic oxidation sites excluding steroid dienone is 3. The molecule has 0 N–H and O–H groups in total. The van der Waals surface area contributed by atoms with Crippen molar-refractivity contribution in [2.24, 2.45) is 0 Å². The van der Waals surface area contributed by atoms with Crippen molar-refractivity contribution in [1.82, 2.24) is 0 Å². The van der Waals surface area contributed by atoms with Gasteiger partial charge in [0.1, 0.15) is 0 Å². The first kappa shape index (κ1) is 33.4. The summed E-state index contributed by atoms with van der Waals surface area (Å²) in [6.45, 7) is 0. The highest BCUT2D eigenvalue weighted by Crippen LogP contribution is 2.39. The fourth-order valence-electron chi connectivity index (χ4n) is 8.13. The van der Waals surface area contributed by atoms with Gasteiger partial charge in [0, 0.05) is 28.4 Å². The summed E-state index contributed by atoms with van der Waals surface area (Å²) in [5, 5.41) is 9.93. The van der Waals surface area contributed by atoms with E-state index < -0.39 is 0 Å². The topological polar surface area (TPSA) is 6.48 Å². The van der Waals surface area contributed by atoms with Crippen LogP contribution >= 0.6 is 0 Å². The Hall–Kier alpha value is -7.16. The molecule has 9 aromatic carbocycles. The Morgan fingerprint density at radius 3 is 1.20 bits per heavy atom. The average molecular weight is 717 g/mol. The normalized spacial score (nSPS) is 14.1. The molecule has 0 aliphatic heterocycles. The van der Waals surface area contributed by atoms with E-state index in [1.165, 1.54) is 60.0 Å². The van der Waals surface area contributed by atoms with Gasteiger partial charge in [-0.3, -0.25) is 0 Å². The van der Waals surface area contributed by atoms with Crippen molar-refractivity contribution < 1.29 is 0 Å². The molecule has 266 valence electrons. The van der Waals surface area contributed by atoms with Gasteiger partial charge < -0.3 is 9.80 Å². The minimum absolute atomic E-state index is 0.185. The van der Waals surface area contributed by atoms with E-state index in [-0.39, 0.29) is 6.04 Å². The quantitative estimate of drug-likeness (QED) is 0.154. The summed E-state index contributed by atoms with van der Waals surface area (Å²) in [6.07, 6.45) is 12.4. The number of hydrogen-bond donors (Lipinski definition) is 0. The molecule has 0 fully saturated rings. The first-order chi connectivity index (χ1) is 27.7. The van der Waals surface area contributed by atoms with Crippen LogP contribution in [0.15, 0.2) is 224 Å². The van der Waals surface area contributed by atoms with Crippen LogP contribution in [0.25, 0.3) is 49.2 Å². The molecule has 56 heavy (non-hydrogen) atoms. The lowest BCUT2D eigenvalue weighted by atomic mass is 9.98. The number of hydrogen-bond acceptors (Lipinski definition) is 2. The third-order valence-electron chi connectivity index (χ3n) is 11.1. The maximum atomic E-state index is 2.49. The lowest BCUT2D eigenvalue weighted by Crippen LogP contribution is -2.30. The predicted molar refractivity (Wildman–Crippen MR) is 241 cm³/mol. The Kier molecular flexibility index (Phi) is 8.70. The molecule has 1 unspecified atom stereocenters. The first-order valence-electron chi connectivity index (χ1n) is 19.4. The van der Waals surface area contributed by atoms with E-state index in [0.29, 0.717) is 0 Å². The molecule has 0 saturated carbocycles. The molecule has 2 nitrogen and oxygen atoms in total. The molecule has 0 bridgehead atoms. The largest absolute Gasteiger partial charge is 0.334 e. The molecular formula is C54H40N2. The standard InChI is InChI=1S/C54H40N2/c1-5-13-45-35-51(31-23-41(45)9-1)55(52-32-24-42-10-2-6-14-46(42)36-52)49-27-19-39(20-28-49)17-18-40-21-29-50(30-22-40)56(53-33-25-43-11-3-7-15-47(43)37-53)54-34-26-44-12-4-8-16-48(44)38-54/h1-29,31-38,50H,30H2. The van der Waals surface area contributed by atoms with Gasteiger partial charge in [-0.2, -0.15) is 0 Å². The molecule has 0 radical (unpaired) electrons. The summed E-state index contributed by atoms with van der Waals surface area (Å²) in [5.74, 6) is 0. The SMILES string of the molecule is C(=Cc1ccc(N(c2ccc3ccccc3c2)c2ccc3ccccc3c2)cc1)C1=CCC(N(c2ccc3ccccc3c2)c2ccc3ccccc3c2)C=C1. The first-order valence-corrected chi connectivity index (χ1v) is 19.4. The number of benzene rings is 9. The van der Waals surface area contributed by atoms with Gasteiger partial charge in [-0.1, -0.05) is 164 Å². The third-order valence-corrected chi connectivity index (χ3v) is 11.1. The second kappa shape index (κ2) is 14.6. The number of fused-ring (bicyclic) bond motifs is 4. The van der Waals surface area contributed by atoms with Gasteiger partial charge in [0.25, 0.3) is 0 Å². The van der Waals surface area contributed by atoms with Gasteiger partial charge in [-0.15, -0.1) is 0 Å². The summed E-state index contributed by atoms with van der Waals surface area (Å²) in [5.41, 5.74) is 8.17. The minimum atomic E-state index is 0.185. The van der Waals surface area contributed by atoms with E-state index in [1.54, 1.807) is 0 Å². The Morgan fingerprint density at radius 2 is 0.768 bits per heavy atom. The van der Waals surface area contributed by atoms with Gasteiger partial charge in [-0.05, 0) is 121 Å². The van der Waals surface area contributed by atoms with Crippen molar-refractivity contribution in [2.45, 2.75) is 12.5 Å². The van der Waals surface area contributed by atoms with Crippen LogP contribution in [0.1, 0.15) is 12.0 Å². The van der Waals surface area contributed by atoms with E-state index in [1.807, 2.05) is 0 Å². The second-order valence-electron chi connectivity index (χ2n) is 14.6. The number of nitrogens with zero attached hydrogens (tertiary/aromatic N) is 2. The molecule has 0 aromatic heterocycles. The summed E-state index contributed by atoms with van der Waals surface area (Å²) >= 11 is 0. The molecule has 2 heteroatoms. The van der Waals surface area contributed by atoms with Crippen molar-refractivity contribution in [1.29, 1.82) is 0 Å². The number of rotatable bonds is 8. The zero-order valence-electron chi connectivity index (χ0n) is 31.0. The van der Waals surface area contributed by atoms with Crippen molar-refractivity contribution in [3.8, 4) is 0 Å². The van der Waals surface area contributed by atoms with Crippen molar-refractivity contribution in [3.05, 3.63) is 230 Å². The smallest absolute Gasteiger partial charge is 0.0560 e. The summed E-state index contributed by atoms with van der Waals surface area (Å²) in [6, 6.07) is 70.5. The van der Waals surface area contributed by atoms with E-state index in [2.05, 4.69) is 234 Å². The van der Waals surface area contributed by atoms with E-state index in [0.717, 1.165) is 29.0 Å². The van der Waals surface area contributed by atoms with Gasteiger partial charge in [-0.25, -0.2) is 0 Å². The Balaban J connectivity index is 0.922. The van der Waals surface area contributed by atoms with Crippen molar-refractivity contribution >= 4 is 77.6 Å². The second-order valence-corrected chi connectivity index (χ2v) is 14.6. The van der Waals surface area contributed by atoms with Gasteiger partial charge in [0.05, 0.1) is 6.04 Å². The molecule has 1 aliphatic carbocycles. The fraction of sp³-hybridized carbons (Fsp3) is 0.0370. The van der Waals surface area contributed by atoms with Crippen LogP contribution in [0, 0.1) is 0 Å². The summed E-state index contributed by atoms with van der Waals surface area (Å²) < 4.78 is 0. The Bertz CT molecular complexity index is 2810. The summed E-state index contributed by atoms with van der Waals surface area (Å²) in [4.78, 5) is 4.84. The van der Waals surface area contributed by atoms with Crippen LogP contribution in [0.2, 0.25) is 0 Å². The zero-order chi connectivity index (χ0) is 37.3. The Morgan fingerprint density at radius 1 is 0.375 bits per heavy atom. The van der Waals surface area contributed by atoms with Crippen molar-refractivity contribution in [3.63, 3.8) is 0 Å². The van der Waals surface area contributed by atoms with Gasteiger partial charge in [0.2, 0.25) is 0 Å². The molecule has 0 amide bonds. The van der Waals surface area contributed by atoms with Crippen LogP contribution in [0.4, 0.5) is 28.4 Å². The zero-order valence-corrected chi connectivity index (χ0v) is 31.0. The maximum Gasteiger partial charge on any atom is 0.0560 e.